The number of nitrogens with zero attached hydrogens (tertiary/aromatic N) is 5. The molecule has 0 radical (unpaired) electrons. The van der Waals surface area contributed by atoms with Crippen LogP contribution < -0.4 is 5.32 Å². The zero-order chi connectivity index (χ0) is 18.1. The SMILES string of the molecule is Cc1nnc2ccc(NC3CCN(Cc4ccc(Cl)c(Cl)c4)CC3)nn12. The maximum atomic E-state index is 6.11. The second-order valence-electron chi connectivity index (χ2n) is 6.68. The fourth-order valence-corrected chi connectivity index (χ4v) is 3.63. The van der Waals surface area contributed by atoms with Gasteiger partial charge in [-0.1, -0.05) is 29.3 Å². The zero-order valence-electron chi connectivity index (χ0n) is 14.5. The third-order valence-electron chi connectivity index (χ3n) is 4.75. The Bertz CT molecular complexity index is 917. The molecule has 3 heterocycles. The van der Waals surface area contributed by atoms with Crippen molar-refractivity contribution in [3.8, 4) is 0 Å². The monoisotopic (exact) mass is 390 g/mol. The second-order valence-corrected chi connectivity index (χ2v) is 7.49. The summed E-state index contributed by atoms with van der Waals surface area (Å²) in [6.45, 7) is 4.86. The highest BCUT2D eigenvalue weighted by Gasteiger charge is 2.20. The van der Waals surface area contributed by atoms with Crippen LogP contribution in [-0.2, 0) is 6.54 Å². The number of likely N-dealkylation sites (tertiary alicyclic amines) is 1. The number of hydrogen-bond donors (Lipinski definition) is 1. The second kappa shape index (κ2) is 7.39. The quantitative estimate of drug-likeness (QED) is 0.733. The van der Waals surface area contributed by atoms with Gasteiger partial charge in [0.15, 0.2) is 11.5 Å². The minimum Gasteiger partial charge on any atom is -0.366 e. The van der Waals surface area contributed by atoms with E-state index in [1.165, 1.54) is 5.56 Å². The molecule has 0 unspecified atom stereocenters. The van der Waals surface area contributed by atoms with E-state index >= 15 is 0 Å². The molecule has 4 rings (SSSR count). The van der Waals surface area contributed by atoms with Gasteiger partial charge in [0, 0.05) is 25.7 Å². The molecule has 0 spiro atoms. The van der Waals surface area contributed by atoms with Gasteiger partial charge >= 0.3 is 0 Å². The number of aryl methyl sites for hydroxylation is 1. The van der Waals surface area contributed by atoms with Gasteiger partial charge in [-0.3, -0.25) is 4.90 Å². The van der Waals surface area contributed by atoms with Crippen LogP contribution in [0.25, 0.3) is 5.65 Å². The molecule has 0 amide bonds. The van der Waals surface area contributed by atoms with Crippen LogP contribution in [0.5, 0.6) is 0 Å². The molecule has 6 nitrogen and oxygen atoms in total. The molecule has 26 heavy (non-hydrogen) atoms. The van der Waals surface area contributed by atoms with Gasteiger partial charge in [0.1, 0.15) is 5.82 Å². The summed E-state index contributed by atoms with van der Waals surface area (Å²) in [6, 6.07) is 10.2. The number of fused-ring (bicyclic) bond motifs is 1. The topological polar surface area (TPSA) is 58.4 Å². The number of halogens is 2. The van der Waals surface area contributed by atoms with Crippen LogP contribution in [-0.4, -0.2) is 43.8 Å². The molecule has 136 valence electrons. The predicted octanol–water partition coefficient (Wildman–Crippen LogP) is 3.82. The lowest BCUT2D eigenvalue weighted by Gasteiger charge is -2.32. The Morgan fingerprint density at radius 1 is 1.08 bits per heavy atom. The summed E-state index contributed by atoms with van der Waals surface area (Å²) in [4.78, 5) is 2.44. The molecule has 1 saturated heterocycles. The van der Waals surface area contributed by atoms with E-state index in [-0.39, 0.29) is 0 Å². The zero-order valence-corrected chi connectivity index (χ0v) is 16.0. The molecule has 0 aliphatic carbocycles. The van der Waals surface area contributed by atoms with Crippen molar-refractivity contribution < 1.29 is 0 Å². The van der Waals surface area contributed by atoms with Gasteiger partial charge in [-0.2, -0.15) is 4.52 Å². The first-order chi connectivity index (χ1) is 12.6. The fourth-order valence-electron chi connectivity index (χ4n) is 3.31. The van der Waals surface area contributed by atoms with Crippen molar-refractivity contribution in [3.05, 3.63) is 51.8 Å². The minimum atomic E-state index is 0.418. The van der Waals surface area contributed by atoms with E-state index in [2.05, 4.69) is 25.5 Å². The van der Waals surface area contributed by atoms with Crippen molar-refractivity contribution in [1.82, 2.24) is 24.7 Å². The number of benzene rings is 1. The van der Waals surface area contributed by atoms with Crippen LogP contribution in [0, 0.1) is 6.92 Å². The van der Waals surface area contributed by atoms with Crippen molar-refractivity contribution in [2.75, 3.05) is 18.4 Å². The highest BCUT2D eigenvalue weighted by molar-refractivity contribution is 6.42. The Balaban J connectivity index is 1.34. The summed E-state index contributed by atoms with van der Waals surface area (Å²) in [5, 5.41) is 17.4. The van der Waals surface area contributed by atoms with Crippen molar-refractivity contribution in [3.63, 3.8) is 0 Å². The Morgan fingerprint density at radius 2 is 1.88 bits per heavy atom. The third kappa shape index (κ3) is 3.77. The van der Waals surface area contributed by atoms with E-state index in [4.69, 9.17) is 23.2 Å². The molecule has 8 heteroatoms. The Morgan fingerprint density at radius 3 is 2.65 bits per heavy atom. The molecule has 0 saturated carbocycles. The molecule has 1 aromatic carbocycles. The van der Waals surface area contributed by atoms with Crippen LogP contribution >= 0.6 is 23.2 Å². The van der Waals surface area contributed by atoms with Gasteiger partial charge in [-0.25, -0.2) is 0 Å². The van der Waals surface area contributed by atoms with Crippen LogP contribution in [0.3, 0.4) is 0 Å². The van der Waals surface area contributed by atoms with E-state index in [0.29, 0.717) is 16.1 Å². The lowest BCUT2D eigenvalue weighted by molar-refractivity contribution is 0.211. The van der Waals surface area contributed by atoms with Gasteiger partial charge in [0.2, 0.25) is 0 Å². The number of piperidine rings is 1. The van der Waals surface area contributed by atoms with Crippen LogP contribution in [0.2, 0.25) is 10.0 Å². The van der Waals surface area contributed by atoms with E-state index in [1.54, 1.807) is 4.52 Å². The normalized spacial score (nSPS) is 16.3. The highest BCUT2D eigenvalue weighted by atomic mass is 35.5. The van der Waals surface area contributed by atoms with Crippen molar-refractivity contribution in [2.45, 2.75) is 32.4 Å². The molecule has 0 bridgehead atoms. The van der Waals surface area contributed by atoms with Gasteiger partial charge in [0.05, 0.1) is 10.0 Å². The number of hydrogen-bond acceptors (Lipinski definition) is 5. The van der Waals surface area contributed by atoms with Crippen molar-refractivity contribution in [2.24, 2.45) is 0 Å². The number of nitrogens with one attached hydrogen (secondary N) is 1. The molecule has 1 aliphatic heterocycles. The first-order valence-electron chi connectivity index (χ1n) is 8.70. The molecule has 2 aromatic heterocycles. The molecule has 1 aliphatic rings. The molecule has 1 N–H and O–H groups in total. The average Bonchev–Trinajstić information content (AvgIpc) is 3.01. The molecular formula is C18H20Cl2N6. The van der Waals surface area contributed by atoms with Gasteiger partial charge in [0.25, 0.3) is 0 Å². The van der Waals surface area contributed by atoms with Crippen molar-refractivity contribution >= 4 is 34.7 Å². The number of anilines is 1. The molecule has 3 aromatic rings. The fraction of sp³-hybridized carbons (Fsp3) is 0.389. The summed E-state index contributed by atoms with van der Waals surface area (Å²) in [7, 11) is 0. The molecule has 1 fully saturated rings. The summed E-state index contributed by atoms with van der Waals surface area (Å²) >= 11 is 12.1. The Kier molecular flexibility index (Phi) is 4.98. The first-order valence-corrected chi connectivity index (χ1v) is 9.46. The van der Waals surface area contributed by atoms with Crippen LogP contribution in [0.15, 0.2) is 30.3 Å². The van der Waals surface area contributed by atoms with Gasteiger partial charge in [-0.15, -0.1) is 15.3 Å². The number of rotatable bonds is 4. The third-order valence-corrected chi connectivity index (χ3v) is 5.49. The Hall–Kier alpha value is -1.89. The smallest absolute Gasteiger partial charge is 0.178 e. The summed E-state index contributed by atoms with van der Waals surface area (Å²) in [6.07, 6.45) is 2.14. The van der Waals surface area contributed by atoms with E-state index in [0.717, 1.165) is 49.8 Å². The minimum absolute atomic E-state index is 0.418. The standard InChI is InChI=1S/C18H20Cl2N6/c1-12-22-23-18-5-4-17(24-26(12)18)21-14-6-8-25(9-7-14)11-13-2-3-15(19)16(20)10-13/h2-5,10,14H,6-9,11H2,1H3,(H,21,24). The lowest BCUT2D eigenvalue weighted by Crippen LogP contribution is -2.38. The first kappa shape index (κ1) is 17.5. The summed E-state index contributed by atoms with van der Waals surface area (Å²) in [5.74, 6) is 1.66. The largest absolute Gasteiger partial charge is 0.366 e. The summed E-state index contributed by atoms with van der Waals surface area (Å²) < 4.78 is 1.77. The maximum Gasteiger partial charge on any atom is 0.178 e. The van der Waals surface area contributed by atoms with Crippen LogP contribution in [0.1, 0.15) is 24.2 Å². The maximum absolute atomic E-state index is 6.11. The molecule has 0 atom stereocenters. The van der Waals surface area contributed by atoms with E-state index in [9.17, 15) is 0 Å². The van der Waals surface area contributed by atoms with E-state index in [1.807, 2.05) is 37.3 Å². The van der Waals surface area contributed by atoms with Gasteiger partial charge in [-0.05, 0) is 49.6 Å². The summed E-state index contributed by atoms with van der Waals surface area (Å²) in [5.41, 5.74) is 1.96. The number of aromatic nitrogens is 4. The Labute approximate surface area is 162 Å². The van der Waals surface area contributed by atoms with Gasteiger partial charge < -0.3 is 5.32 Å². The highest BCUT2D eigenvalue weighted by Crippen LogP contribution is 2.24. The lowest BCUT2D eigenvalue weighted by atomic mass is 10.0. The van der Waals surface area contributed by atoms with E-state index < -0.39 is 0 Å². The predicted molar refractivity (Wildman–Crippen MR) is 104 cm³/mol. The molecular weight excluding hydrogens is 371 g/mol. The average molecular weight is 391 g/mol. The van der Waals surface area contributed by atoms with Crippen LogP contribution in [0.4, 0.5) is 5.82 Å². The van der Waals surface area contributed by atoms with Crippen molar-refractivity contribution in [1.29, 1.82) is 0 Å².